The number of benzene rings is 1. The molecule has 1 unspecified atom stereocenters. The van der Waals surface area contributed by atoms with Gasteiger partial charge in [0.05, 0.1) is 0 Å². The number of carbonyl (C=O) groups is 1. The van der Waals surface area contributed by atoms with Gasteiger partial charge in [-0.05, 0) is 70.1 Å². The van der Waals surface area contributed by atoms with Gasteiger partial charge in [-0.3, -0.25) is 4.79 Å². The number of halogens is 1. The molecule has 1 rings (SSSR count). The van der Waals surface area contributed by atoms with Gasteiger partial charge >= 0.3 is 0 Å². The van der Waals surface area contributed by atoms with Gasteiger partial charge in [-0.2, -0.15) is 0 Å². The first-order valence-electron chi connectivity index (χ1n) is 7.77. The normalized spacial score (nSPS) is 12.5. The Morgan fingerprint density at radius 1 is 1.33 bits per heavy atom. The van der Waals surface area contributed by atoms with Crippen LogP contribution in [0.3, 0.4) is 0 Å². The zero-order valence-electron chi connectivity index (χ0n) is 13.6. The smallest absolute Gasteiger partial charge is 0.251 e. The SMILES string of the molecule is CCN(CC)CCCC(C)NC(=O)c1ccc(F)c(C)c1. The number of aryl methyl sites for hydroxylation is 1. The van der Waals surface area contributed by atoms with E-state index in [-0.39, 0.29) is 17.8 Å². The summed E-state index contributed by atoms with van der Waals surface area (Å²) in [7, 11) is 0. The summed E-state index contributed by atoms with van der Waals surface area (Å²) >= 11 is 0. The molecule has 118 valence electrons. The van der Waals surface area contributed by atoms with Crippen molar-refractivity contribution < 1.29 is 9.18 Å². The second-order valence-electron chi connectivity index (χ2n) is 5.51. The maximum atomic E-state index is 13.2. The zero-order valence-corrected chi connectivity index (χ0v) is 13.6. The van der Waals surface area contributed by atoms with Crippen molar-refractivity contribution >= 4 is 5.91 Å². The van der Waals surface area contributed by atoms with Crippen molar-refractivity contribution in [3.05, 3.63) is 35.1 Å². The highest BCUT2D eigenvalue weighted by atomic mass is 19.1. The fourth-order valence-electron chi connectivity index (χ4n) is 2.33. The third-order valence-corrected chi connectivity index (χ3v) is 3.80. The van der Waals surface area contributed by atoms with Gasteiger partial charge in [-0.1, -0.05) is 13.8 Å². The summed E-state index contributed by atoms with van der Waals surface area (Å²) in [6, 6.07) is 4.58. The number of hydrogen-bond donors (Lipinski definition) is 1. The van der Waals surface area contributed by atoms with Crippen LogP contribution in [-0.2, 0) is 0 Å². The lowest BCUT2D eigenvalue weighted by Crippen LogP contribution is -2.33. The molecule has 0 aliphatic heterocycles. The molecule has 1 atom stereocenters. The second-order valence-corrected chi connectivity index (χ2v) is 5.51. The van der Waals surface area contributed by atoms with E-state index in [9.17, 15) is 9.18 Å². The van der Waals surface area contributed by atoms with Crippen molar-refractivity contribution in [3.63, 3.8) is 0 Å². The topological polar surface area (TPSA) is 32.3 Å². The number of nitrogens with zero attached hydrogens (tertiary/aromatic N) is 1. The summed E-state index contributed by atoms with van der Waals surface area (Å²) in [6.07, 6.45) is 2.01. The van der Waals surface area contributed by atoms with Gasteiger partial charge in [0.2, 0.25) is 0 Å². The fraction of sp³-hybridized carbons (Fsp3) is 0.588. The van der Waals surface area contributed by atoms with Crippen LogP contribution in [0.1, 0.15) is 49.5 Å². The Bertz CT molecular complexity index is 458. The van der Waals surface area contributed by atoms with Crippen LogP contribution in [0.5, 0.6) is 0 Å². The minimum Gasteiger partial charge on any atom is -0.350 e. The van der Waals surface area contributed by atoms with E-state index in [1.54, 1.807) is 13.0 Å². The van der Waals surface area contributed by atoms with Crippen LogP contribution in [0.2, 0.25) is 0 Å². The van der Waals surface area contributed by atoms with E-state index in [2.05, 4.69) is 24.1 Å². The molecule has 0 saturated heterocycles. The van der Waals surface area contributed by atoms with Crippen LogP contribution in [0.25, 0.3) is 0 Å². The van der Waals surface area contributed by atoms with Crippen LogP contribution in [0.15, 0.2) is 18.2 Å². The quantitative estimate of drug-likeness (QED) is 0.797. The molecule has 0 saturated carbocycles. The molecule has 0 aromatic heterocycles. The highest BCUT2D eigenvalue weighted by Crippen LogP contribution is 2.10. The molecule has 1 amide bonds. The van der Waals surface area contributed by atoms with Gasteiger partial charge in [0.1, 0.15) is 5.82 Å². The van der Waals surface area contributed by atoms with Crippen molar-refractivity contribution in [1.82, 2.24) is 10.2 Å². The average Bonchev–Trinajstić information content (AvgIpc) is 2.46. The largest absolute Gasteiger partial charge is 0.350 e. The number of amides is 1. The molecule has 0 aliphatic rings. The standard InChI is InChI=1S/C17H27FN2O/c1-5-20(6-2)11-7-8-14(4)19-17(21)15-9-10-16(18)13(3)12-15/h9-10,12,14H,5-8,11H2,1-4H3,(H,19,21). The van der Waals surface area contributed by atoms with E-state index in [1.165, 1.54) is 12.1 Å². The summed E-state index contributed by atoms with van der Waals surface area (Å²) < 4.78 is 13.2. The van der Waals surface area contributed by atoms with Crippen LogP contribution in [-0.4, -0.2) is 36.5 Å². The lowest BCUT2D eigenvalue weighted by molar-refractivity contribution is 0.0937. The molecule has 1 aromatic carbocycles. The van der Waals surface area contributed by atoms with Gasteiger partial charge in [-0.15, -0.1) is 0 Å². The van der Waals surface area contributed by atoms with Gasteiger partial charge in [0, 0.05) is 11.6 Å². The van der Waals surface area contributed by atoms with Gasteiger partial charge in [0.15, 0.2) is 0 Å². The number of hydrogen-bond acceptors (Lipinski definition) is 2. The first kappa shape index (κ1) is 17.6. The first-order valence-corrected chi connectivity index (χ1v) is 7.77. The highest BCUT2D eigenvalue weighted by molar-refractivity contribution is 5.94. The Labute approximate surface area is 127 Å². The Balaban J connectivity index is 2.41. The maximum absolute atomic E-state index is 13.2. The third-order valence-electron chi connectivity index (χ3n) is 3.80. The van der Waals surface area contributed by atoms with E-state index < -0.39 is 0 Å². The van der Waals surface area contributed by atoms with Crippen LogP contribution >= 0.6 is 0 Å². The molecule has 0 aliphatic carbocycles. The molecule has 0 radical (unpaired) electrons. The van der Waals surface area contributed by atoms with Crippen molar-refractivity contribution in [2.45, 2.75) is 46.6 Å². The lowest BCUT2D eigenvalue weighted by Gasteiger charge is -2.19. The fourth-order valence-corrected chi connectivity index (χ4v) is 2.33. The predicted molar refractivity (Wildman–Crippen MR) is 85.1 cm³/mol. The van der Waals surface area contributed by atoms with Crippen LogP contribution in [0, 0.1) is 12.7 Å². The van der Waals surface area contributed by atoms with E-state index in [4.69, 9.17) is 0 Å². The molecular weight excluding hydrogens is 267 g/mol. The molecular formula is C17H27FN2O. The monoisotopic (exact) mass is 294 g/mol. The summed E-state index contributed by atoms with van der Waals surface area (Å²) in [5.74, 6) is -0.410. The zero-order chi connectivity index (χ0) is 15.8. The van der Waals surface area contributed by atoms with E-state index in [1.807, 2.05) is 6.92 Å². The first-order chi connectivity index (χ1) is 9.97. The van der Waals surface area contributed by atoms with Crippen molar-refractivity contribution in [1.29, 1.82) is 0 Å². The molecule has 0 heterocycles. The molecule has 1 aromatic rings. The van der Waals surface area contributed by atoms with Gasteiger partial charge in [-0.25, -0.2) is 4.39 Å². The van der Waals surface area contributed by atoms with Gasteiger partial charge < -0.3 is 10.2 Å². The Morgan fingerprint density at radius 2 is 2.00 bits per heavy atom. The number of nitrogens with one attached hydrogen (secondary N) is 1. The number of carbonyl (C=O) groups excluding carboxylic acids is 1. The highest BCUT2D eigenvalue weighted by Gasteiger charge is 2.11. The molecule has 3 nitrogen and oxygen atoms in total. The minimum absolute atomic E-state index is 0.124. The summed E-state index contributed by atoms with van der Waals surface area (Å²) in [5.41, 5.74) is 1.02. The summed E-state index contributed by atoms with van der Waals surface area (Å²) in [4.78, 5) is 14.5. The van der Waals surface area contributed by atoms with Crippen molar-refractivity contribution in [2.24, 2.45) is 0 Å². The molecule has 1 N–H and O–H groups in total. The van der Waals surface area contributed by atoms with Crippen molar-refractivity contribution in [3.8, 4) is 0 Å². The molecule has 0 fully saturated rings. The van der Waals surface area contributed by atoms with E-state index in [0.717, 1.165) is 32.5 Å². The Morgan fingerprint density at radius 3 is 2.57 bits per heavy atom. The maximum Gasteiger partial charge on any atom is 0.251 e. The minimum atomic E-state index is -0.279. The average molecular weight is 294 g/mol. The molecule has 4 heteroatoms. The molecule has 0 bridgehead atoms. The van der Waals surface area contributed by atoms with E-state index in [0.29, 0.717) is 11.1 Å². The van der Waals surface area contributed by atoms with Gasteiger partial charge in [0.25, 0.3) is 5.91 Å². The summed E-state index contributed by atoms with van der Waals surface area (Å²) in [6.45, 7) is 11.2. The third kappa shape index (κ3) is 5.84. The number of rotatable bonds is 8. The molecule has 21 heavy (non-hydrogen) atoms. The lowest BCUT2D eigenvalue weighted by atomic mass is 10.1. The second kappa shape index (κ2) is 8.78. The summed E-state index contributed by atoms with van der Waals surface area (Å²) in [5, 5.41) is 2.97. The van der Waals surface area contributed by atoms with E-state index >= 15 is 0 Å². The Hall–Kier alpha value is -1.42. The van der Waals surface area contributed by atoms with Crippen LogP contribution < -0.4 is 5.32 Å². The Kier molecular flexibility index (Phi) is 7.37. The molecule has 0 spiro atoms. The van der Waals surface area contributed by atoms with Crippen molar-refractivity contribution in [2.75, 3.05) is 19.6 Å². The predicted octanol–water partition coefficient (Wildman–Crippen LogP) is 3.37. The van der Waals surface area contributed by atoms with Crippen LogP contribution in [0.4, 0.5) is 4.39 Å².